The van der Waals surface area contributed by atoms with Gasteiger partial charge in [0.2, 0.25) is 5.91 Å². The van der Waals surface area contributed by atoms with Gasteiger partial charge in [0.15, 0.2) is 5.69 Å². The topological polar surface area (TPSA) is 84.2 Å². The molecule has 6 heteroatoms. The van der Waals surface area contributed by atoms with E-state index in [1.807, 2.05) is 24.3 Å². The highest BCUT2D eigenvalue weighted by atomic mass is 16.4. The van der Waals surface area contributed by atoms with Crippen molar-refractivity contribution >= 4 is 17.6 Å². The average molecular weight is 287 g/mol. The predicted molar refractivity (Wildman–Crippen MR) is 78.3 cm³/mol. The Morgan fingerprint density at radius 2 is 1.95 bits per heavy atom. The van der Waals surface area contributed by atoms with Gasteiger partial charge in [0.05, 0.1) is 0 Å². The molecular formula is C15H17N3O3. The monoisotopic (exact) mass is 287 g/mol. The van der Waals surface area contributed by atoms with Gasteiger partial charge in [0.25, 0.3) is 0 Å². The van der Waals surface area contributed by atoms with Crippen molar-refractivity contribution in [3.05, 3.63) is 47.8 Å². The number of amides is 1. The van der Waals surface area contributed by atoms with E-state index in [1.54, 1.807) is 6.92 Å². The predicted octanol–water partition coefficient (Wildman–Crippen LogP) is 2.34. The van der Waals surface area contributed by atoms with Gasteiger partial charge in [0, 0.05) is 11.9 Å². The summed E-state index contributed by atoms with van der Waals surface area (Å²) in [5.74, 6) is -1.37. The minimum atomic E-state index is -1.11. The van der Waals surface area contributed by atoms with E-state index in [-0.39, 0.29) is 11.6 Å². The lowest BCUT2D eigenvalue weighted by Crippen LogP contribution is -2.24. The SMILES string of the molecule is CCc1ccc(NC(=O)C(C)n2ccc(C(=O)O)n2)cc1. The molecule has 6 nitrogen and oxygen atoms in total. The zero-order valence-corrected chi connectivity index (χ0v) is 11.9. The summed E-state index contributed by atoms with van der Waals surface area (Å²) in [6.45, 7) is 3.72. The summed E-state index contributed by atoms with van der Waals surface area (Å²) in [4.78, 5) is 22.9. The van der Waals surface area contributed by atoms with E-state index in [0.29, 0.717) is 5.69 Å². The number of nitrogens with one attached hydrogen (secondary N) is 1. The second-order valence-electron chi connectivity index (χ2n) is 4.70. The molecule has 1 atom stereocenters. The Balaban J connectivity index is 2.05. The number of carboxylic acids is 1. The number of hydrogen-bond acceptors (Lipinski definition) is 3. The molecule has 2 N–H and O–H groups in total. The maximum Gasteiger partial charge on any atom is 0.356 e. The van der Waals surface area contributed by atoms with Crippen LogP contribution in [0.2, 0.25) is 0 Å². The number of rotatable bonds is 5. The summed E-state index contributed by atoms with van der Waals surface area (Å²) in [5, 5.41) is 15.5. The van der Waals surface area contributed by atoms with Crippen LogP contribution in [0.25, 0.3) is 0 Å². The number of hydrogen-bond donors (Lipinski definition) is 2. The molecule has 2 rings (SSSR count). The van der Waals surface area contributed by atoms with E-state index in [1.165, 1.54) is 22.5 Å². The van der Waals surface area contributed by atoms with Crippen molar-refractivity contribution in [2.45, 2.75) is 26.3 Å². The average Bonchev–Trinajstić information content (AvgIpc) is 2.97. The van der Waals surface area contributed by atoms with E-state index in [4.69, 9.17) is 5.11 Å². The molecule has 1 unspecified atom stereocenters. The fourth-order valence-electron chi connectivity index (χ4n) is 1.86. The minimum absolute atomic E-state index is 0.0815. The molecule has 110 valence electrons. The van der Waals surface area contributed by atoms with Crippen LogP contribution in [0, 0.1) is 0 Å². The molecule has 1 aromatic carbocycles. The van der Waals surface area contributed by atoms with Gasteiger partial charge in [-0.05, 0) is 37.1 Å². The first-order valence-corrected chi connectivity index (χ1v) is 6.69. The number of aryl methyl sites for hydroxylation is 1. The van der Waals surface area contributed by atoms with Crippen LogP contribution in [-0.4, -0.2) is 26.8 Å². The van der Waals surface area contributed by atoms with Crippen LogP contribution < -0.4 is 5.32 Å². The quantitative estimate of drug-likeness (QED) is 0.884. The second-order valence-corrected chi connectivity index (χ2v) is 4.70. The number of carboxylic acid groups (broad SMARTS) is 1. The summed E-state index contributed by atoms with van der Waals surface area (Å²) < 4.78 is 1.33. The van der Waals surface area contributed by atoms with Crippen molar-refractivity contribution in [1.82, 2.24) is 9.78 Å². The van der Waals surface area contributed by atoms with E-state index in [2.05, 4.69) is 17.3 Å². The Morgan fingerprint density at radius 3 is 2.48 bits per heavy atom. The molecule has 0 bridgehead atoms. The number of aromatic carboxylic acids is 1. The van der Waals surface area contributed by atoms with Crippen LogP contribution in [0.1, 0.15) is 35.9 Å². The number of carbonyl (C=O) groups is 2. The molecule has 1 amide bonds. The Labute approximate surface area is 122 Å². The van der Waals surface area contributed by atoms with Gasteiger partial charge in [-0.1, -0.05) is 19.1 Å². The summed E-state index contributed by atoms with van der Waals surface area (Å²) in [7, 11) is 0. The lowest BCUT2D eigenvalue weighted by Gasteiger charge is -2.13. The van der Waals surface area contributed by atoms with E-state index in [0.717, 1.165) is 6.42 Å². The molecule has 0 aliphatic heterocycles. The third-order valence-corrected chi connectivity index (χ3v) is 3.23. The lowest BCUT2D eigenvalue weighted by atomic mass is 10.1. The van der Waals surface area contributed by atoms with Crippen LogP contribution in [-0.2, 0) is 11.2 Å². The summed E-state index contributed by atoms with van der Waals surface area (Å²) >= 11 is 0. The van der Waals surface area contributed by atoms with Gasteiger partial charge < -0.3 is 10.4 Å². The van der Waals surface area contributed by atoms with Crippen LogP contribution in [0.4, 0.5) is 5.69 Å². The highest BCUT2D eigenvalue weighted by molar-refractivity contribution is 5.93. The Hall–Kier alpha value is -2.63. The van der Waals surface area contributed by atoms with E-state index >= 15 is 0 Å². The number of carbonyl (C=O) groups excluding carboxylic acids is 1. The standard InChI is InChI=1S/C15H17N3O3/c1-3-11-4-6-12(7-5-11)16-14(19)10(2)18-9-8-13(17-18)15(20)21/h4-10H,3H2,1-2H3,(H,16,19)(H,20,21). The highest BCUT2D eigenvalue weighted by Crippen LogP contribution is 2.13. The van der Waals surface area contributed by atoms with Crippen molar-refractivity contribution < 1.29 is 14.7 Å². The second kappa shape index (κ2) is 6.21. The normalized spacial score (nSPS) is 11.9. The summed E-state index contributed by atoms with van der Waals surface area (Å²) in [6, 6.07) is 8.36. The molecule has 0 saturated heterocycles. The number of aromatic nitrogens is 2. The minimum Gasteiger partial charge on any atom is -0.476 e. The molecule has 0 aliphatic rings. The number of benzene rings is 1. The van der Waals surface area contributed by atoms with Gasteiger partial charge >= 0.3 is 5.97 Å². The number of anilines is 1. The van der Waals surface area contributed by atoms with Gasteiger partial charge in [-0.15, -0.1) is 0 Å². The van der Waals surface area contributed by atoms with Gasteiger partial charge in [-0.25, -0.2) is 4.79 Å². The van der Waals surface area contributed by atoms with E-state index < -0.39 is 12.0 Å². The first kappa shape index (κ1) is 14.8. The first-order chi connectivity index (χ1) is 10.0. The Kier molecular flexibility index (Phi) is 4.37. The fourth-order valence-corrected chi connectivity index (χ4v) is 1.86. The molecule has 0 saturated carbocycles. The third kappa shape index (κ3) is 3.47. The van der Waals surface area contributed by atoms with Crippen molar-refractivity contribution in [2.75, 3.05) is 5.32 Å². The molecular weight excluding hydrogens is 270 g/mol. The first-order valence-electron chi connectivity index (χ1n) is 6.69. The smallest absolute Gasteiger partial charge is 0.356 e. The molecule has 1 heterocycles. The number of nitrogens with zero attached hydrogens (tertiary/aromatic N) is 2. The maximum absolute atomic E-state index is 12.1. The molecule has 0 spiro atoms. The summed E-state index contributed by atoms with van der Waals surface area (Å²) in [5.41, 5.74) is 1.82. The molecule has 21 heavy (non-hydrogen) atoms. The zero-order valence-electron chi connectivity index (χ0n) is 11.9. The molecule has 0 aliphatic carbocycles. The summed E-state index contributed by atoms with van der Waals surface area (Å²) in [6.07, 6.45) is 2.42. The van der Waals surface area contributed by atoms with Crippen molar-refractivity contribution in [3.63, 3.8) is 0 Å². The molecule has 0 radical (unpaired) electrons. The van der Waals surface area contributed by atoms with Crippen LogP contribution >= 0.6 is 0 Å². The van der Waals surface area contributed by atoms with Crippen molar-refractivity contribution in [1.29, 1.82) is 0 Å². The Bertz CT molecular complexity index is 646. The van der Waals surface area contributed by atoms with Gasteiger partial charge in [-0.3, -0.25) is 9.48 Å². The fraction of sp³-hybridized carbons (Fsp3) is 0.267. The van der Waals surface area contributed by atoms with Crippen LogP contribution in [0.3, 0.4) is 0 Å². The highest BCUT2D eigenvalue weighted by Gasteiger charge is 2.17. The van der Waals surface area contributed by atoms with Gasteiger partial charge in [0.1, 0.15) is 6.04 Å². The van der Waals surface area contributed by atoms with E-state index in [9.17, 15) is 9.59 Å². The zero-order chi connectivity index (χ0) is 15.4. The Morgan fingerprint density at radius 1 is 1.29 bits per heavy atom. The maximum atomic E-state index is 12.1. The van der Waals surface area contributed by atoms with Crippen molar-refractivity contribution in [3.8, 4) is 0 Å². The van der Waals surface area contributed by atoms with Crippen LogP contribution in [0.5, 0.6) is 0 Å². The molecule has 1 aromatic heterocycles. The molecule has 0 fully saturated rings. The lowest BCUT2D eigenvalue weighted by molar-refractivity contribution is -0.119. The van der Waals surface area contributed by atoms with Crippen LogP contribution in [0.15, 0.2) is 36.5 Å². The van der Waals surface area contributed by atoms with Gasteiger partial charge in [-0.2, -0.15) is 5.10 Å². The third-order valence-electron chi connectivity index (χ3n) is 3.23. The van der Waals surface area contributed by atoms with Crippen molar-refractivity contribution in [2.24, 2.45) is 0 Å². The molecule has 2 aromatic rings. The largest absolute Gasteiger partial charge is 0.476 e.